The van der Waals surface area contributed by atoms with Crippen LogP contribution in [0.5, 0.6) is 0 Å². The number of rotatable bonds is 4. The Hall–Kier alpha value is -1.89. The van der Waals surface area contributed by atoms with E-state index in [9.17, 15) is 9.90 Å². The van der Waals surface area contributed by atoms with Gasteiger partial charge in [0.1, 0.15) is 0 Å². The van der Waals surface area contributed by atoms with Crippen molar-refractivity contribution in [3.63, 3.8) is 0 Å². The Balaban J connectivity index is 2.11. The lowest BCUT2D eigenvalue weighted by Crippen LogP contribution is -2.24. The first-order chi connectivity index (χ1) is 7.75. The molecule has 0 N–H and O–H groups in total. The van der Waals surface area contributed by atoms with E-state index in [-0.39, 0.29) is 11.0 Å². The molecule has 82 valence electrons. The molecule has 0 amide bonds. The SMILES string of the molecule is O=C([O-])CSc1nnc(-c2ccncc2)o1. The van der Waals surface area contributed by atoms with Gasteiger partial charge in [-0.2, -0.15) is 0 Å². The van der Waals surface area contributed by atoms with Gasteiger partial charge in [0.05, 0.1) is 5.97 Å². The lowest BCUT2D eigenvalue weighted by atomic mass is 10.3. The van der Waals surface area contributed by atoms with Crippen LogP contribution in [-0.2, 0) is 4.79 Å². The van der Waals surface area contributed by atoms with Crippen molar-refractivity contribution in [2.45, 2.75) is 5.22 Å². The molecule has 2 aromatic rings. The highest BCUT2D eigenvalue weighted by atomic mass is 32.2. The number of carboxylic acid groups (broad SMARTS) is 1. The summed E-state index contributed by atoms with van der Waals surface area (Å²) in [4.78, 5) is 14.1. The third-order valence-electron chi connectivity index (χ3n) is 1.65. The van der Waals surface area contributed by atoms with E-state index >= 15 is 0 Å². The van der Waals surface area contributed by atoms with E-state index < -0.39 is 5.97 Å². The summed E-state index contributed by atoms with van der Waals surface area (Å²) in [5.41, 5.74) is 0.739. The predicted molar refractivity (Wildman–Crippen MR) is 53.3 cm³/mol. The van der Waals surface area contributed by atoms with Crippen molar-refractivity contribution in [2.75, 3.05) is 5.75 Å². The molecule has 0 unspecified atom stereocenters. The minimum Gasteiger partial charge on any atom is -0.549 e. The summed E-state index contributed by atoms with van der Waals surface area (Å²) >= 11 is 0.926. The molecule has 2 rings (SSSR count). The Kier molecular flexibility index (Phi) is 3.16. The van der Waals surface area contributed by atoms with Gasteiger partial charge >= 0.3 is 0 Å². The van der Waals surface area contributed by atoms with E-state index in [1.807, 2.05) is 0 Å². The van der Waals surface area contributed by atoms with E-state index in [0.29, 0.717) is 5.89 Å². The Morgan fingerprint density at radius 1 is 1.38 bits per heavy atom. The first kappa shape index (κ1) is 10.6. The van der Waals surface area contributed by atoms with Gasteiger partial charge in [-0.25, -0.2) is 0 Å². The monoisotopic (exact) mass is 236 g/mol. The Morgan fingerprint density at radius 2 is 2.12 bits per heavy atom. The molecule has 0 aromatic carbocycles. The quantitative estimate of drug-likeness (QED) is 0.688. The van der Waals surface area contributed by atoms with Gasteiger partial charge in [-0.05, 0) is 12.1 Å². The Labute approximate surface area is 94.7 Å². The van der Waals surface area contributed by atoms with Gasteiger partial charge in [-0.1, -0.05) is 11.8 Å². The average molecular weight is 236 g/mol. The maximum Gasteiger partial charge on any atom is 0.277 e. The maximum absolute atomic E-state index is 10.2. The molecule has 6 nitrogen and oxygen atoms in total. The van der Waals surface area contributed by atoms with E-state index in [2.05, 4.69) is 15.2 Å². The van der Waals surface area contributed by atoms with Crippen molar-refractivity contribution < 1.29 is 14.3 Å². The molecule has 0 aliphatic rings. The van der Waals surface area contributed by atoms with E-state index in [0.717, 1.165) is 17.3 Å². The number of hydrogen-bond donors (Lipinski definition) is 0. The fraction of sp³-hybridized carbons (Fsp3) is 0.111. The van der Waals surface area contributed by atoms with Gasteiger partial charge in [-0.15, -0.1) is 10.2 Å². The Bertz CT molecular complexity index is 486. The second kappa shape index (κ2) is 4.75. The van der Waals surface area contributed by atoms with Crippen LogP contribution in [-0.4, -0.2) is 26.9 Å². The molecule has 0 aliphatic heterocycles. The van der Waals surface area contributed by atoms with E-state index in [4.69, 9.17) is 4.42 Å². The zero-order valence-electron chi connectivity index (χ0n) is 7.99. The first-order valence-electron chi connectivity index (χ1n) is 4.32. The molecule has 0 fully saturated rings. The first-order valence-corrected chi connectivity index (χ1v) is 5.31. The second-order valence-electron chi connectivity index (χ2n) is 2.77. The molecule has 2 aromatic heterocycles. The van der Waals surface area contributed by atoms with Gasteiger partial charge < -0.3 is 14.3 Å². The van der Waals surface area contributed by atoms with E-state index in [1.165, 1.54) is 0 Å². The molecule has 7 heteroatoms. The maximum atomic E-state index is 10.2. The van der Waals surface area contributed by atoms with Crippen LogP contribution in [0.1, 0.15) is 0 Å². The largest absolute Gasteiger partial charge is 0.549 e. The zero-order valence-corrected chi connectivity index (χ0v) is 8.81. The van der Waals surface area contributed by atoms with E-state index in [1.54, 1.807) is 24.5 Å². The normalized spacial score (nSPS) is 10.2. The van der Waals surface area contributed by atoms with Crippen LogP contribution >= 0.6 is 11.8 Å². The summed E-state index contributed by atoms with van der Waals surface area (Å²) in [6.45, 7) is 0. The van der Waals surface area contributed by atoms with Crippen LogP contribution in [0.2, 0.25) is 0 Å². The summed E-state index contributed by atoms with van der Waals surface area (Å²) in [6.07, 6.45) is 3.21. The Morgan fingerprint density at radius 3 is 2.81 bits per heavy atom. The second-order valence-corrected chi connectivity index (χ2v) is 3.70. The highest BCUT2D eigenvalue weighted by molar-refractivity contribution is 7.99. The topological polar surface area (TPSA) is 91.9 Å². The van der Waals surface area contributed by atoms with Crippen LogP contribution in [0.25, 0.3) is 11.5 Å². The third kappa shape index (κ3) is 2.57. The highest BCUT2D eigenvalue weighted by Gasteiger charge is 2.08. The van der Waals surface area contributed by atoms with Crippen molar-refractivity contribution >= 4 is 17.7 Å². The fourth-order valence-electron chi connectivity index (χ4n) is 1.000. The third-order valence-corrected chi connectivity index (χ3v) is 2.44. The molecular weight excluding hydrogens is 230 g/mol. The molecular formula is C9H6N3O3S-. The van der Waals surface area contributed by atoms with Gasteiger partial charge in [-0.3, -0.25) is 4.98 Å². The minimum atomic E-state index is -1.17. The van der Waals surface area contributed by atoms with Crippen molar-refractivity contribution in [1.82, 2.24) is 15.2 Å². The lowest BCUT2D eigenvalue weighted by molar-refractivity contribution is -0.301. The number of nitrogens with zero attached hydrogens (tertiary/aromatic N) is 3. The standard InChI is InChI=1S/C9H7N3O3S/c13-7(14)5-16-9-12-11-8(15-9)6-1-3-10-4-2-6/h1-4H,5H2,(H,13,14)/p-1. The smallest absolute Gasteiger partial charge is 0.277 e. The molecule has 0 aliphatic carbocycles. The van der Waals surface area contributed by atoms with Gasteiger partial charge in [0.25, 0.3) is 5.22 Å². The zero-order chi connectivity index (χ0) is 11.4. The minimum absolute atomic E-state index is 0.205. The van der Waals surface area contributed by atoms with Crippen LogP contribution < -0.4 is 5.11 Å². The molecule has 16 heavy (non-hydrogen) atoms. The van der Waals surface area contributed by atoms with Gasteiger partial charge in [0, 0.05) is 23.7 Å². The average Bonchev–Trinajstić information content (AvgIpc) is 2.76. The molecule has 2 heterocycles. The molecule has 0 radical (unpaired) electrons. The molecule has 0 saturated carbocycles. The summed E-state index contributed by atoms with van der Waals surface area (Å²) in [5, 5.41) is 17.9. The number of carbonyl (C=O) groups is 1. The van der Waals surface area contributed by atoms with Crippen LogP contribution in [0.15, 0.2) is 34.2 Å². The van der Waals surface area contributed by atoms with Crippen molar-refractivity contribution in [3.05, 3.63) is 24.5 Å². The van der Waals surface area contributed by atoms with Gasteiger partial charge in [0.15, 0.2) is 0 Å². The highest BCUT2D eigenvalue weighted by Crippen LogP contribution is 2.21. The number of aromatic nitrogens is 3. The predicted octanol–water partition coefficient (Wildman–Crippen LogP) is -0.0264. The van der Waals surface area contributed by atoms with Crippen LogP contribution in [0, 0.1) is 0 Å². The molecule has 0 bridgehead atoms. The summed E-state index contributed by atoms with van der Waals surface area (Å²) in [7, 11) is 0. The number of aliphatic carboxylic acids is 1. The van der Waals surface area contributed by atoms with Crippen molar-refractivity contribution in [1.29, 1.82) is 0 Å². The number of carboxylic acids is 1. The summed E-state index contributed by atoms with van der Waals surface area (Å²) < 4.78 is 5.24. The summed E-state index contributed by atoms with van der Waals surface area (Å²) in [5.74, 6) is -1.05. The molecule has 0 saturated heterocycles. The van der Waals surface area contributed by atoms with Crippen molar-refractivity contribution in [2.24, 2.45) is 0 Å². The molecule has 0 atom stereocenters. The number of carbonyl (C=O) groups excluding carboxylic acids is 1. The van der Waals surface area contributed by atoms with Crippen LogP contribution in [0.4, 0.5) is 0 Å². The number of hydrogen-bond acceptors (Lipinski definition) is 7. The molecule has 0 spiro atoms. The number of thioether (sulfide) groups is 1. The summed E-state index contributed by atoms with van der Waals surface area (Å²) in [6, 6.07) is 3.45. The number of pyridine rings is 1. The fourth-order valence-corrected chi connectivity index (χ4v) is 1.48. The lowest BCUT2D eigenvalue weighted by Gasteiger charge is -1.96. The van der Waals surface area contributed by atoms with Gasteiger partial charge in [0.2, 0.25) is 5.89 Å². The van der Waals surface area contributed by atoms with Crippen molar-refractivity contribution in [3.8, 4) is 11.5 Å². The van der Waals surface area contributed by atoms with Crippen LogP contribution in [0.3, 0.4) is 0 Å².